The number of aliphatic carboxylic acids is 1. The van der Waals surface area contributed by atoms with Crippen LogP contribution >= 0.6 is 11.8 Å². The third kappa shape index (κ3) is 3.38. The summed E-state index contributed by atoms with van der Waals surface area (Å²) >= 11 is 1.18. The zero-order chi connectivity index (χ0) is 13.8. The predicted molar refractivity (Wildman–Crippen MR) is 71.6 cm³/mol. The molecule has 1 aromatic heterocycles. The summed E-state index contributed by atoms with van der Waals surface area (Å²) in [5.74, 6) is -0.0598. The molecule has 7 nitrogen and oxygen atoms in total. The topological polar surface area (TPSA) is 80.5 Å². The lowest BCUT2D eigenvalue weighted by Crippen LogP contribution is -2.38. The molecule has 0 aliphatic carbocycles. The molecule has 0 bridgehead atoms. The Bertz CT molecular complexity index is 443. The minimum absolute atomic E-state index is 0.00226. The van der Waals surface area contributed by atoms with E-state index in [-0.39, 0.29) is 5.75 Å². The molecule has 8 heteroatoms. The van der Waals surface area contributed by atoms with Gasteiger partial charge in [0.1, 0.15) is 0 Å². The number of aromatic nitrogens is 3. The van der Waals surface area contributed by atoms with E-state index in [1.807, 2.05) is 11.6 Å². The largest absolute Gasteiger partial charge is 0.481 e. The van der Waals surface area contributed by atoms with E-state index < -0.39 is 5.97 Å². The van der Waals surface area contributed by atoms with Gasteiger partial charge in [-0.1, -0.05) is 11.8 Å². The number of carbonyl (C=O) groups is 1. The van der Waals surface area contributed by atoms with Crippen LogP contribution in [0.15, 0.2) is 5.16 Å². The van der Waals surface area contributed by atoms with E-state index in [2.05, 4.69) is 15.1 Å². The van der Waals surface area contributed by atoms with E-state index in [1.165, 1.54) is 11.8 Å². The van der Waals surface area contributed by atoms with Gasteiger partial charge in [0.15, 0.2) is 5.16 Å². The minimum Gasteiger partial charge on any atom is -0.481 e. The predicted octanol–water partition coefficient (Wildman–Crippen LogP) is 0.607. The molecule has 1 fully saturated rings. The molecule has 106 valence electrons. The third-order valence-corrected chi connectivity index (χ3v) is 4.20. The maximum atomic E-state index is 10.6. The van der Waals surface area contributed by atoms with Gasteiger partial charge in [0.05, 0.1) is 11.9 Å². The number of anilines is 1. The van der Waals surface area contributed by atoms with Crippen LogP contribution in [0.4, 0.5) is 5.95 Å². The van der Waals surface area contributed by atoms with Gasteiger partial charge in [0.25, 0.3) is 0 Å². The summed E-state index contributed by atoms with van der Waals surface area (Å²) in [6, 6.07) is 0. The Labute approximate surface area is 115 Å². The molecule has 2 heterocycles. The molecule has 0 amide bonds. The van der Waals surface area contributed by atoms with Crippen molar-refractivity contribution in [1.29, 1.82) is 0 Å². The highest BCUT2D eigenvalue weighted by Crippen LogP contribution is 2.23. The molecule has 1 aromatic rings. The summed E-state index contributed by atoms with van der Waals surface area (Å²) in [6.45, 7) is 1.77. The zero-order valence-electron chi connectivity index (χ0n) is 11.1. The Morgan fingerprint density at radius 2 is 2.16 bits per heavy atom. The second-order valence-corrected chi connectivity index (χ2v) is 5.39. The van der Waals surface area contributed by atoms with Gasteiger partial charge in [-0.3, -0.25) is 9.36 Å². The fourth-order valence-corrected chi connectivity index (χ4v) is 2.75. The number of piperidine rings is 1. The molecule has 1 saturated heterocycles. The normalized spacial score (nSPS) is 16.8. The van der Waals surface area contributed by atoms with Crippen LogP contribution in [0.3, 0.4) is 0 Å². The molecule has 2 rings (SSSR count). The summed E-state index contributed by atoms with van der Waals surface area (Å²) < 4.78 is 7.18. The van der Waals surface area contributed by atoms with Crippen molar-refractivity contribution in [3.05, 3.63) is 0 Å². The first-order valence-electron chi connectivity index (χ1n) is 6.13. The number of hydrogen-bond donors (Lipinski definition) is 1. The van der Waals surface area contributed by atoms with Gasteiger partial charge in [0.2, 0.25) is 5.95 Å². The molecule has 1 aliphatic rings. The van der Waals surface area contributed by atoms with Gasteiger partial charge in [-0.15, -0.1) is 10.2 Å². The Morgan fingerprint density at radius 3 is 2.74 bits per heavy atom. The molecular weight excluding hydrogens is 268 g/mol. The average Bonchev–Trinajstić information content (AvgIpc) is 2.78. The maximum absolute atomic E-state index is 10.6. The number of methoxy groups -OCH3 is 1. The SMILES string of the molecule is COC1CCN(c2nnc(SCC(=O)O)n2C)CC1. The van der Waals surface area contributed by atoms with Crippen LogP contribution in [0.2, 0.25) is 0 Å². The Morgan fingerprint density at radius 1 is 1.47 bits per heavy atom. The first-order chi connectivity index (χ1) is 9.11. The number of hydrogen-bond acceptors (Lipinski definition) is 6. The van der Waals surface area contributed by atoms with Gasteiger partial charge < -0.3 is 14.7 Å². The molecule has 0 unspecified atom stereocenters. The van der Waals surface area contributed by atoms with E-state index in [0.29, 0.717) is 11.3 Å². The fourth-order valence-electron chi connectivity index (χ4n) is 2.13. The third-order valence-electron chi connectivity index (χ3n) is 3.19. The van der Waals surface area contributed by atoms with E-state index in [9.17, 15) is 4.79 Å². The van der Waals surface area contributed by atoms with Gasteiger partial charge in [0, 0.05) is 27.2 Å². The quantitative estimate of drug-likeness (QED) is 0.794. The van der Waals surface area contributed by atoms with E-state index in [4.69, 9.17) is 9.84 Å². The summed E-state index contributed by atoms with van der Waals surface area (Å²) in [6.07, 6.45) is 2.27. The lowest BCUT2D eigenvalue weighted by Gasteiger charge is -2.31. The van der Waals surface area contributed by atoms with Crippen molar-refractivity contribution in [3.63, 3.8) is 0 Å². The van der Waals surface area contributed by atoms with Crippen LogP contribution < -0.4 is 4.90 Å². The highest BCUT2D eigenvalue weighted by Gasteiger charge is 2.23. The Kier molecular flexibility index (Phi) is 4.65. The Balaban J connectivity index is 1.99. The van der Waals surface area contributed by atoms with Crippen LogP contribution in [0.1, 0.15) is 12.8 Å². The van der Waals surface area contributed by atoms with Crippen LogP contribution in [0.25, 0.3) is 0 Å². The lowest BCUT2D eigenvalue weighted by molar-refractivity contribution is -0.133. The Hall–Kier alpha value is -1.28. The summed E-state index contributed by atoms with van der Waals surface area (Å²) in [7, 11) is 3.60. The number of carboxylic acid groups (broad SMARTS) is 1. The minimum atomic E-state index is -0.851. The first-order valence-corrected chi connectivity index (χ1v) is 7.12. The van der Waals surface area contributed by atoms with Crippen LogP contribution in [-0.2, 0) is 16.6 Å². The van der Waals surface area contributed by atoms with Crippen molar-refractivity contribution in [2.24, 2.45) is 7.05 Å². The smallest absolute Gasteiger partial charge is 0.313 e. The zero-order valence-corrected chi connectivity index (χ0v) is 11.9. The van der Waals surface area contributed by atoms with E-state index >= 15 is 0 Å². The van der Waals surface area contributed by atoms with Crippen LogP contribution in [-0.4, -0.2) is 57.9 Å². The number of rotatable bonds is 5. The second-order valence-electron chi connectivity index (χ2n) is 4.45. The highest BCUT2D eigenvalue weighted by atomic mass is 32.2. The van der Waals surface area contributed by atoms with Crippen molar-refractivity contribution in [2.45, 2.75) is 24.1 Å². The summed E-state index contributed by atoms with van der Waals surface area (Å²) in [5, 5.41) is 17.5. The molecule has 1 aliphatic heterocycles. The molecule has 0 atom stereocenters. The standard InChI is InChI=1S/C11H18N4O3S/c1-14-10(12-13-11(14)19-7-9(16)17)15-5-3-8(18-2)4-6-15/h8H,3-7H2,1-2H3,(H,16,17). The molecule has 1 N–H and O–H groups in total. The molecule has 0 aromatic carbocycles. The number of thioether (sulfide) groups is 1. The van der Waals surface area contributed by atoms with Crippen molar-refractivity contribution < 1.29 is 14.6 Å². The molecule has 19 heavy (non-hydrogen) atoms. The number of nitrogens with zero attached hydrogens (tertiary/aromatic N) is 4. The lowest BCUT2D eigenvalue weighted by atomic mass is 10.1. The summed E-state index contributed by atoms with van der Waals surface area (Å²) in [4.78, 5) is 12.7. The average molecular weight is 286 g/mol. The highest BCUT2D eigenvalue weighted by molar-refractivity contribution is 7.99. The number of carboxylic acids is 1. The molecule has 0 saturated carbocycles. The monoisotopic (exact) mass is 286 g/mol. The van der Waals surface area contributed by atoms with Gasteiger partial charge >= 0.3 is 5.97 Å². The molecular formula is C11H18N4O3S. The first kappa shape index (κ1) is 14.1. The van der Waals surface area contributed by atoms with Crippen molar-refractivity contribution in [3.8, 4) is 0 Å². The second kappa shape index (κ2) is 6.25. The van der Waals surface area contributed by atoms with Crippen molar-refractivity contribution >= 4 is 23.7 Å². The van der Waals surface area contributed by atoms with E-state index in [0.717, 1.165) is 31.9 Å². The maximum Gasteiger partial charge on any atom is 0.313 e. The number of ether oxygens (including phenoxy) is 1. The summed E-state index contributed by atoms with van der Waals surface area (Å²) in [5.41, 5.74) is 0. The fraction of sp³-hybridized carbons (Fsp3) is 0.727. The van der Waals surface area contributed by atoms with Gasteiger partial charge in [-0.25, -0.2) is 0 Å². The van der Waals surface area contributed by atoms with E-state index in [1.54, 1.807) is 7.11 Å². The van der Waals surface area contributed by atoms with Crippen molar-refractivity contribution in [2.75, 3.05) is 30.9 Å². The molecule has 0 spiro atoms. The van der Waals surface area contributed by atoms with Gasteiger partial charge in [-0.2, -0.15) is 0 Å². The van der Waals surface area contributed by atoms with Crippen LogP contribution in [0.5, 0.6) is 0 Å². The van der Waals surface area contributed by atoms with Crippen LogP contribution in [0, 0.1) is 0 Å². The van der Waals surface area contributed by atoms with Gasteiger partial charge in [-0.05, 0) is 12.8 Å². The van der Waals surface area contributed by atoms with Crippen molar-refractivity contribution in [1.82, 2.24) is 14.8 Å². The molecule has 0 radical (unpaired) electrons.